The molecule has 162 valence electrons. The van der Waals surface area contributed by atoms with Crippen LogP contribution >= 0.6 is 0 Å². The Kier molecular flexibility index (Phi) is 5.33. The Morgan fingerprint density at radius 2 is 2.00 bits per heavy atom. The van der Waals surface area contributed by atoms with Crippen molar-refractivity contribution < 1.29 is 22.7 Å². The van der Waals surface area contributed by atoms with E-state index in [1.54, 1.807) is 18.2 Å². The van der Waals surface area contributed by atoms with E-state index in [4.69, 9.17) is 15.2 Å². The number of hydrogen-bond acceptors (Lipinski definition) is 7. The van der Waals surface area contributed by atoms with E-state index < -0.39 is 27.3 Å². The van der Waals surface area contributed by atoms with Gasteiger partial charge in [-0.25, -0.2) is 13.2 Å². The topological polar surface area (TPSA) is 121 Å². The van der Waals surface area contributed by atoms with E-state index in [1.807, 2.05) is 6.92 Å². The molecule has 1 aromatic carbocycles. The summed E-state index contributed by atoms with van der Waals surface area (Å²) in [4.78, 5) is 24.5. The summed E-state index contributed by atoms with van der Waals surface area (Å²) in [6, 6.07) is 6.02. The first-order valence-corrected chi connectivity index (χ1v) is 11.5. The number of hydrogen-bond donors (Lipinski definition) is 1. The number of nitrogens with two attached hydrogens (primary N) is 1. The van der Waals surface area contributed by atoms with Gasteiger partial charge in [0.15, 0.2) is 6.73 Å². The van der Waals surface area contributed by atoms with Crippen molar-refractivity contribution in [2.75, 3.05) is 13.2 Å². The van der Waals surface area contributed by atoms with Gasteiger partial charge in [0.2, 0.25) is 10.0 Å². The quantitative estimate of drug-likeness (QED) is 0.687. The molecule has 1 saturated heterocycles. The van der Waals surface area contributed by atoms with Gasteiger partial charge in [-0.05, 0) is 43.9 Å². The fourth-order valence-corrected chi connectivity index (χ4v) is 6.21. The molecule has 1 aliphatic heterocycles. The summed E-state index contributed by atoms with van der Waals surface area (Å²) >= 11 is 0. The zero-order valence-corrected chi connectivity index (χ0v) is 17.6. The van der Waals surface area contributed by atoms with Gasteiger partial charge in [0, 0.05) is 29.6 Å². The first-order chi connectivity index (χ1) is 14.3. The van der Waals surface area contributed by atoms with Gasteiger partial charge in [-0.3, -0.25) is 9.36 Å². The molecule has 30 heavy (non-hydrogen) atoms. The van der Waals surface area contributed by atoms with Crippen molar-refractivity contribution in [3.63, 3.8) is 0 Å². The van der Waals surface area contributed by atoms with Crippen molar-refractivity contribution in [1.82, 2.24) is 8.87 Å². The summed E-state index contributed by atoms with van der Waals surface area (Å²) in [5.74, 6) is 0. The van der Waals surface area contributed by atoms with Gasteiger partial charge in [0.1, 0.15) is 0 Å². The molecular weight excluding hydrogens is 410 g/mol. The maximum absolute atomic E-state index is 13.4. The minimum atomic E-state index is -3.81. The molecule has 0 bridgehead atoms. The van der Waals surface area contributed by atoms with Crippen molar-refractivity contribution in [3.05, 3.63) is 40.8 Å². The number of ether oxygens (including phenoxy) is 2. The summed E-state index contributed by atoms with van der Waals surface area (Å²) < 4.78 is 39.4. The van der Waals surface area contributed by atoms with Crippen molar-refractivity contribution in [1.29, 1.82) is 0 Å². The van der Waals surface area contributed by atoms with Crippen LogP contribution in [0.25, 0.3) is 10.8 Å². The second-order valence-electron chi connectivity index (χ2n) is 7.76. The van der Waals surface area contributed by atoms with Crippen LogP contribution in [0.2, 0.25) is 0 Å². The van der Waals surface area contributed by atoms with E-state index in [9.17, 15) is 18.0 Å². The lowest BCUT2D eigenvalue weighted by atomic mass is 10.1. The van der Waals surface area contributed by atoms with Gasteiger partial charge < -0.3 is 15.2 Å². The summed E-state index contributed by atoms with van der Waals surface area (Å²) in [5.41, 5.74) is 5.24. The van der Waals surface area contributed by atoms with Crippen molar-refractivity contribution in [3.8, 4) is 0 Å². The molecule has 1 saturated carbocycles. The molecule has 2 fully saturated rings. The van der Waals surface area contributed by atoms with Crippen LogP contribution in [-0.4, -0.2) is 48.2 Å². The van der Waals surface area contributed by atoms with Crippen LogP contribution in [0.5, 0.6) is 0 Å². The van der Waals surface area contributed by atoms with E-state index in [-0.39, 0.29) is 29.7 Å². The van der Waals surface area contributed by atoms with Crippen LogP contribution in [0.3, 0.4) is 0 Å². The molecule has 2 heterocycles. The minimum Gasteiger partial charge on any atom is -0.434 e. The molecule has 1 atom stereocenters. The Morgan fingerprint density at radius 1 is 1.23 bits per heavy atom. The molecular formula is C20H25N3O6S. The fourth-order valence-electron chi connectivity index (χ4n) is 4.12. The van der Waals surface area contributed by atoms with Gasteiger partial charge in [0.25, 0.3) is 5.56 Å². The standard InChI is InChI=1S/C20H25N3O6S/c1-2-12-28-19(25)29-13-22-10-6-14-15(18(22)24)4-3-5-16(14)30(26,27)23-11-7-17(21)20(23)8-9-20/h3-6,10,17H,2,7-9,11-13,21H2,1H3/t17-/m0/s1. The summed E-state index contributed by atoms with van der Waals surface area (Å²) in [6.45, 7) is 2.14. The molecule has 4 rings (SSSR count). The molecule has 1 aromatic heterocycles. The highest BCUT2D eigenvalue weighted by atomic mass is 32.2. The van der Waals surface area contributed by atoms with E-state index in [2.05, 4.69) is 0 Å². The molecule has 10 heteroatoms. The average Bonchev–Trinajstić information content (AvgIpc) is 3.45. The molecule has 1 spiro atoms. The third-order valence-electron chi connectivity index (χ3n) is 5.88. The minimum absolute atomic E-state index is 0.0906. The van der Waals surface area contributed by atoms with Crippen LogP contribution in [0.15, 0.2) is 40.2 Å². The van der Waals surface area contributed by atoms with Crippen molar-refractivity contribution in [2.24, 2.45) is 5.73 Å². The Balaban J connectivity index is 1.66. The molecule has 2 N–H and O–H groups in total. The first-order valence-electron chi connectivity index (χ1n) is 10.0. The van der Waals surface area contributed by atoms with E-state index in [0.29, 0.717) is 24.8 Å². The third kappa shape index (κ3) is 3.38. The maximum atomic E-state index is 13.4. The van der Waals surface area contributed by atoms with Crippen LogP contribution in [-0.2, 0) is 26.2 Å². The Morgan fingerprint density at radius 3 is 2.70 bits per heavy atom. The zero-order chi connectivity index (χ0) is 21.5. The van der Waals surface area contributed by atoms with E-state index >= 15 is 0 Å². The van der Waals surface area contributed by atoms with Gasteiger partial charge >= 0.3 is 6.16 Å². The Labute approximate surface area is 174 Å². The molecule has 2 aromatic rings. The average molecular weight is 436 g/mol. The number of nitrogens with zero attached hydrogens (tertiary/aromatic N) is 2. The summed E-state index contributed by atoms with van der Waals surface area (Å²) in [7, 11) is -3.81. The normalized spacial score (nSPS) is 20.5. The highest BCUT2D eigenvalue weighted by Gasteiger charge is 2.60. The number of fused-ring (bicyclic) bond motifs is 1. The van der Waals surface area contributed by atoms with Crippen LogP contribution < -0.4 is 11.3 Å². The van der Waals surface area contributed by atoms with Gasteiger partial charge in [0.05, 0.1) is 17.0 Å². The lowest BCUT2D eigenvalue weighted by Crippen LogP contribution is -2.44. The number of sulfonamides is 1. The molecule has 9 nitrogen and oxygen atoms in total. The van der Waals surface area contributed by atoms with Crippen molar-refractivity contribution >= 4 is 27.0 Å². The maximum Gasteiger partial charge on any atom is 0.510 e. The van der Waals surface area contributed by atoms with Crippen LogP contribution in [0, 0.1) is 0 Å². The largest absolute Gasteiger partial charge is 0.510 e. The second-order valence-corrected chi connectivity index (χ2v) is 9.59. The van der Waals surface area contributed by atoms with E-state index in [0.717, 1.165) is 12.8 Å². The van der Waals surface area contributed by atoms with Gasteiger partial charge in [-0.15, -0.1) is 0 Å². The summed E-state index contributed by atoms with van der Waals surface area (Å²) in [6.07, 6.45) is 3.36. The zero-order valence-electron chi connectivity index (χ0n) is 16.7. The number of aromatic nitrogens is 1. The molecule has 0 unspecified atom stereocenters. The molecule has 0 amide bonds. The highest BCUT2D eigenvalue weighted by Crippen LogP contribution is 2.51. The molecule has 1 aliphatic carbocycles. The predicted molar refractivity (Wildman–Crippen MR) is 109 cm³/mol. The van der Waals surface area contributed by atoms with Gasteiger partial charge in [-0.2, -0.15) is 4.31 Å². The fraction of sp³-hybridized carbons (Fsp3) is 0.500. The number of rotatable bonds is 6. The lowest BCUT2D eigenvalue weighted by molar-refractivity contribution is 0.0331. The number of benzene rings is 1. The highest BCUT2D eigenvalue weighted by molar-refractivity contribution is 7.89. The van der Waals surface area contributed by atoms with Crippen molar-refractivity contribution in [2.45, 2.75) is 55.8 Å². The molecule has 0 radical (unpaired) electrons. The SMILES string of the molecule is CCCOC(=O)OCn1ccc2c(S(=O)(=O)N3CC[C@H](N)C34CC4)cccc2c1=O. The Hall–Kier alpha value is -2.43. The second kappa shape index (κ2) is 7.68. The molecule has 2 aliphatic rings. The number of pyridine rings is 1. The third-order valence-corrected chi connectivity index (χ3v) is 7.92. The predicted octanol–water partition coefficient (Wildman–Crippen LogP) is 1.78. The summed E-state index contributed by atoms with van der Waals surface area (Å²) in [5, 5.41) is 0.570. The van der Waals surface area contributed by atoms with E-state index in [1.165, 1.54) is 21.1 Å². The van der Waals surface area contributed by atoms with Crippen LogP contribution in [0.4, 0.5) is 4.79 Å². The monoisotopic (exact) mass is 435 g/mol. The lowest BCUT2D eigenvalue weighted by Gasteiger charge is -2.26. The number of carbonyl (C=O) groups is 1. The van der Waals surface area contributed by atoms with Crippen LogP contribution in [0.1, 0.15) is 32.6 Å². The number of carbonyl (C=O) groups excluding carboxylic acids is 1. The first kappa shape index (κ1) is 20.8. The smallest absolute Gasteiger partial charge is 0.434 e. The van der Waals surface area contributed by atoms with Gasteiger partial charge in [-0.1, -0.05) is 13.0 Å². The Bertz CT molecular complexity index is 1140.